The van der Waals surface area contributed by atoms with Gasteiger partial charge in [0.1, 0.15) is 13.1 Å². The average Bonchev–Trinajstić information content (AvgIpc) is 1.60. The van der Waals surface area contributed by atoms with Crippen molar-refractivity contribution in [2.75, 3.05) is 41.7 Å². The number of nitrogens with zero attached hydrogens (tertiary/aromatic N) is 4. The lowest BCUT2D eigenvalue weighted by Gasteiger charge is -2.27. The third-order valence-electron chi connectivity index (χ3n) is 21.2. The first-order valence-corrected chi connectivity index (χ1v) is 42.5. The lowest BCUT2D eigenvalue weighted by Crippen LogP contribution is -2.29. The molecule has 584 valence electrons. The third kappa shape index (κ3) is 18.9. The first kappa shape index (κ1) is 83.0. The maximum absolute atomic E-state index is 13.6. The van der Waals surface area contributed by atoms with Crippen molar-refractivity contribution in [1.29, 1.82) is 0 Å². The fraction of sp³-hybridized carbons (Fsp3) is 0.366. The summed E-state index contributed by atoms with van der Waals surface area (Å²) >= 11 is 0. The van der Waals surface area contributed by atoms with Gasteiger partial charge in [-0.3, -0.25) is 37.4 Å². The van der Waals surface area contributed by atoms with E-state index in [1.54, 1.807) is 66.7 Å². The Morgan fingerprint density at radius 2 is 0.855 bits per heavy atom. The molecule has 24 nitrogen and oxygen atoms in total. The molecule has 28 heteroatoms. The highest BCUT2D eigenvalue weighted by molar-refractivity contribution is 7.86. The molecule has 6 aromatic rings. The lowest BCUT2D eigenvalue weighted by molar-refractivity contribution is -0.438. The van der Waals surface area contributed by atoms with Crippen LogP contribution in [-0.2, 0) is 91.4 Å². The van der Waals surface area contributed by atoms with Gasteiger partial charge in [-0.05, 0) is 179 Å². The van der Waals surface area contributed by atoms with Gasteiger partial charge >= 0.3 is 5.97 Å². The lowest BCUT2D eigenvalue weighted by atomic mass is 9.81. The third-order valence-corrected chi connectivity index (χ3v) is 24.5. The van der Waals surface area contributed by atoms with E-state index in [9.17, 15) is 76.2 Å². The van der Waals surface area contributed by atoms with Gasteiger partial charge in [-0.15, -0.1) is 0 Å². The van der Waals surface area contributed by atoms with E-state index in [0.717, 1.165) is 78.9 Å². The van der Waals surface area contributed by atoms with E-state index in [-0.39, 0.29) is 77.8 Å². The number of allylic oxidation sites excluding steroid dienone is 10. The van der Waals surface area contributed by atoms with Gasteiger partial charge in [0.15, 0.2) is 11.4 Å². The molecular weight excluding hydrogens is 1480 g/mol. The summed E-state index contributed by atoms with van der Waals surface area (Å²) in [6.07, 6.45) is 19.7. The molecule has 6 aromatic carbocycles. The minimum absolute atomic E-state index is 0.0385. The number of aliphatic carboxylic acids is 1. The molecule has 3 amide bonds. The SMILES string of the molecule is CCN1C(=CC=CC=CC2=[N+](CCCCCC(=O)NCc3ccc(C(=O)NCc4ccc(C(=O)NCc5ccc6c(c5)C(C)(C)C(=CC=CC5=[N+](CCCCCC(=O)O)c7ccc(S(=O)(=O)O)cc7C5(C)C)N6CCCS(=O)(=O)O)cc4)cc3)c3ccc(S(=O)(=O)O)cc3C2(C)C)C(C)(C)c2cc(S(=O)(=O)O)ccc21. The summed E-state index contributed by atoms with van der Waals surface area (Å²) < 4.78 is 141. The van der Waals surface area contributed by atoms with Gasteiger partial charge in [-0.25, -0.2) is 0 Å². The van der Waals surface area contributed by atoms with Crippen molar-refractivity contribution in [2.24, 2.45) is 0 Å². The molecule has 0 spiro atoms. The molecule has 0 unspecified atom stereocenters. The van der Waals surface area contributed by atoms with Crippen LogP contribution in [0.3, 0.4) is 0 Å². The highest BCUT2D eigenvalue weighted by Gasteiger charge is 2.47. The molecule has 4 heterocycles. The van der Waals surface area contributed by atoms with Crippen LogP contribution in [0.4, 0.5) is 22.7 Å². The maximum Gasteiger partial charge on any atom is 0.303 e. The van der Waals surface area contributed by atoms with E-state index < -0.39 is 73.9 Å². The predicted molar refractivity (Wildman–Crippen MR) is 424 cm³/mol. The van der Waals surface area contributed by atoms with Crippen molar-refractivity contribution in [1.82, 2.24) is 16.0 Å². The van der Waals surface area contributed by atoms with Crippen LogP contribution in [0.5, 0.6) is 0 Å². The summed E-state index contributed by atoms with van der Waals surface area (Å²) in [5.74, 6) is -2.11. The Hall–Kier alpha value is -9.52. The molecule has 0 aliphatic carbocycles. The summed E-state index contributed by atoms with van der Waals surface area (Å²) in [6, 6.07) is 33.3. The summed E-state index contributed by atoms with van der Waals surface area (Å²) in [5.41, 5.74) is 10.4. The molecule has 0 atom stereocenters. The molecule has 0 fully saturated rings. The quantitative estimate of drug-likeness (QED) is 0.00821. The number of likely N-dealkylation sites (N-methyl/N-ethyl adjacent to an activating group) is 1. The zero-order chi connectivity index (χ0) is 80.1. The number of unbranched alkanes of at least 4 members (excludes halogenated alkanes) is 4. The normalized spacial score (nSPS) is 17.1. The predicted octanol–water partition coefficient (Wildman–Crippen LogP) is 12.9. The first-order chi connectivity index (χ1) is 51.6. The van der Waals surface area contributed by atoms with Gasteiger partial charge < -0.3 is 30.9 Å². The van der Waals surface area contributed by atoms with Crippen LogP contribution >= 0.6 is 0 Å². The van der Waals surface area contributed by atoms with Crippen molar-refractivity contribution in [3.05, 3.63) is 231 Å². The number of fused-ring (bicyclic) bond motifs is 4. The molecule has 10 rings (SSSR count). The van der Waals surface area contributed by atoms with E-state index in [0.29, 0.717) is 74.8 Å². The van der Waals surface area contributed by atoms with Crippen LogP contribution in [-0.4, -0.2) is 133 Å². The minimum Gasteiger partial charge on any atom is -0.481 e. The number of carbonyl (C=O) groups excluding carboxylic acids is 3. The van der Waals surface area contributed by atoms with Crippen LogP contribution in [0.25, 0.3) is 0 Å². The Morgan fingerprint density at radius 1 is 0.436 bits per heavy atom. The zero-order valence-electron chi connectivity index (χ0n) is 63.2. The monoisotopic (exact) mass is 1580 g/mol. The van der Waals surface area contributed by atoms with E-state index in [4.69, 9.17) is 0 Å². The number of amides is 3. The van der Waals surface area contributed by atoms with Gasteiger partial charge in [0, 0.05) is 139 Å². The van der Waals surface area contributed by atoms with Crippen LogP contribution in [0, 0.1) is 0 Å². The first-order valence-electron chi connectivity index (χ1n) is 36.6. The summed E-state index contributed by atoms with van der Waals surface area (Å²) in [6.45, 7) is 20.5. The van der Waals surface area contributed by atoms with E-state index >= 15 is 0 Å². The second-order valence-electron chi connectivity index (χ2n) is 30.2. The van der Waals surface area contributed by atoms with E-state index in [1.165, 1.54) is 36.4 Å². The molecule has 0 bridgehead atoms. The Bertz CT molecular complexity index is 5330. The van der Waals surface area contributed by atoms with Crippen molar-refractivity contribution >= 4 is 98.3 Å². The molecule has 8 N–H and O–H groups in total. The van der Waals surface area contributed by atoms with Crippen LogP contribution in [0.1, 0.15) is 180 Å². The smallest absolute Gasteiger partial charge is 0.303 e. The number of hydrogen-bond donors (Lipinski definition) is 8. The fourth-order valence-electron chi connectivity index (χ4n) is 15.2. The van der Waals surface area contributed by atoms with Crippen molar-refractivity contribution in [3.63, 3.8) is 0 Å². The number of nitrogens with one attached hydrogen (secondary N) is 3. The van der Waals surface area contributed by atoms with Gasteiger partial charge in [0.25, 0.3) is 52.3 Å². The van der Waals surface area contributed by atoms with Crippen LogP contribution in [0.15, 0.2) is 196 Å². The Kier molecular flexibility index (Phi) is 25.0. The van der Waals surface area contributed by atoms with Gasteiger partial charge in [-0.1, -0.05) is 88.4 Å². The van der Waals surface area contributed by atoms with Gasteiger partial charge in [-0.2, -0.15) is 42.8 Å². The number of hydrogen-bond acceptors (Lipinski definition) is 14. The number of benzene rings is 6. The number of rotatable bonds is 33. The second-order valence-corrected chi connectivity index (χ2v) is 36.0. The number of carbonyl (C=O) groups is 4. The maximum atomic E-state index is 13.6. The Morgan fingerprint density at radius 3 is 1.35 bits per heavy atom. The number of anilines is 2. The van der Waals surface area contributed by atoms with Crippen molar-refractivity contribution < 1.29 is 85.3 Å². The molecule has 110 heavy (non-hydrogen) atoms. The fourth-order valence-corrected chi connectivity index (χ4v) is 17.2. The minimum atomic E-state index is -4.51. The standard InChI is InChI=1S/C82H95N7O17S4/c1-10-86-67-41-37-60(108(98,99)100)49-64(67)80(4,5)71(86)22-14-11-15-23-72-81(6,7)65-50-61(109(101,102)103)38-42-69(65)87(72)44-18-12-16-26-75(90)83-52-55-28-33-58(34-29-55)77(93)84-53-56-30-35-59(36-31-56)78(94)85-54-57-32-40-68-63(48-57)79(2,3)73(89(68)46-21-47-107(95,96)97)24-20-25-74-82(8,9)66-51-62(110(104,105)106)39-43-70(66)88(74)45-19-13-17-27-76(91)92/h11,14-15,20,22-25,28-43,48-51H,10,12-13,16-19,21,26-27,44-47,52-54H2,1-9H3,(H6-2,83,84,85,90,91,92,93,94,95,96,97,98,99,100,101,102,103,104,105,106)/p+2. The van der Waals surface area contributed by atoms with Crippen molar-refractivity contribution in [3.8, 4) is 0 Å². The second kappa shape index (κ2) is 33.2. The van der Waals surface area contributed by atoms with E-state index in [2.05, 4.69) is 30.0 Å². The molecule has 0 saturated heterocycles. The highest BCUT2D eigenvalue weighted by atomic mass is 32.2. The van der Waals surface area contributed by atoms with Gasteiger partial charge in [0.2, 0.25) is 17.3 Å². The Balaban J connectivity index is 0.703. The van der Waals surface area contributed by atoms with E-state index in [1.807, 2.05) is 134 Å². The van der Waals surface area contributed by atoms with Crippen LogP contribution < -0.4 is 25.8 Å². The Labute approximate surface area is 644 Å². The molecule has 0 saturated carbocycles. The topological polar surface area (TPSA) is 355 Å². The molecular formula is C82H97N7O17S4+2. The number of carboxylic acids is 1. The molecule has 0 aromatic heterocycles. The molecule has 0 radical (unpaired) electrons. The number of carboxylic acid groups (broad SMARTS) is 1. The zero-order valence-corrected chi connectivity index (χ0v) is 66.5. The molecule has 4 aliphatic heterocycles. The molecule has 4 aliphatic rings. The summed E-state index contributed by atoms with van der Waals surface area (Å²) in [4.78, 5) is 54.8. The van der Waals surface area contributed by atoms with Crippen LogP contribution in [0.2, 0.25) is 0 Å². The van der Waals surface area contributed by atoms with Crippen molar-refractivity contribution in [2.45, 2.75) is 176 Å². The largest absolute Gasteiger partial charge is 0.481 e. The highest BCUT2D eigenvalue weighted by Crippen LogP contribution is 2.51. The van der Waals surface area contributed by atoms with Gasteiger partial charge in [0.05, 0.1) is 31.3 Å². The summed E-state index contributed by atoms with van der Waals surface area (Å²) in [7, 11) is -17.7. The average molecular weight is 1580 g/mol. The summed E-state index contributed by atoms with van der Waals surface area (Å²) in [5, 5.41) is 18.1.